The molecule has 1 aromatic heterocycles. The van der Waals surface area contributed by atoms with E-state index in [1.807, 2.05) is 6.07 Å². The Balaban J connectivity index is 1.12. The van der Waals surface area contributed by atoms with E-state index in [4.69, 9.17) is 4.42 Å². The van der Waals surface area contributed by atoms with Gasteiger partial charge in [0, 0.05) is 50.3 Å². The van der Waals surface area contributed by atoms with Gasteiger partial charge in [0.25, 0.3) is 6.71 Å². The third-order valence-corrected chi connectivity index (χ3v) is 12.3. The van der Waals surface area contributed by atoms with Crippen molar-refractivity contribution in [3.63, 3.8) is 0 Å². The van der Waals surface area contributed by atoms with Crippen LogP contribution in [0.4, 0.5) is 34.1 Å². The molecule has 0 aliphatic carbocycles. The summed E-state index contributed by atoms with van der Waals surface area (Å²) in [7, 11) is 0. The van der Waals surface area contributed by atoms with Gasteiger partial charge >= 0.3 is 0 Å². The molecule has 9 aromatic rings. The first-order valence-electron chi connectivity index (χ1n) is 20.4. The van der Waals surface area contributed by atoms with Crippen molar-refractivity contribution in [1.82, 2.24) is 0 Å². The van der Waals surface area contributed by atoms with Gasteiger partial charge in [0.05, 0.1) is 5.69 Å². The number of rotatable bonds is 4. The Kier molecular flexibility index (Phi) is 7.65. The maximum atomic E-state index is 6.46. The highest BCUT2D eigenvalue weighted by atomic mass is 16.3. The van der Waals surface area contributed by atoms with Crippen LogP contribution < -0.4 is 26.2 Å². The molecule has 0 unspecified atom stereocenters. The number of nitrogens with zero attached hydrogens (tertiary/aromatic N) is 2. The summed E-state index contributed by atoms with van der Waals surface area (Å²) >= 11 is 0. The van der Waals surface area contributed by atoms with Gasteiger partial charge in [-0.05, 0) is 118 Å². The molecule has 2 aliphatic heterocycles. The first kappa shape index (κ1) is 34.5. The molecule has 58 heavy (non-hydrogen) atoms. The minimum atomic E-state index is 0.00588. The second-order valence-corrected chi connectivity index (χ2v) is 17.1. The Morgan fingerprint density at radius 2 is 1.09 bits per heavy atom. The number of anilines is 6. The predicted molar refractivity (Wildman–Crippen MR) is 247 cm³/mol. The number of hydrogen-bond acceptors (Lipinski definition) is 3. The van der Waals surface area contributed by atoms with Crippen LogP contribution in [0.1, 0.15) is 37.5 Å². The van der Waals surface area contributed by atoms with Crippen LogP contribution in [0.25, 0.3) is 44.2 Å². The van der Waals surface area contributed by atoms with E-state index in [2.05, 4.69) is 208 Å². The maximum absolute atomic E-state index is 6.46. The van der Waals surface area contributed by atoms with Crippen LogP contribution in [-0.4, -0.2) is 6.71 Å². The van der Waals surface area contributed by atoms with Crippen LogP contribution in [-0.2, 0) is 5.41 Å². The molecule has 0 saturated heterocycles. The smallest absolute Gasteiger partial charge is 0.252 e. The fraction of sp³-hybridized carbons (Fsp3) is 0.111. The molecule has 0 N–H and O–H groups in total. The Morgan fingerprint density at radius 1 is 0.466 bits per heavy atom. The molecule has 0 bridgehead atoms. The van der Waals surface area contributed by atoms with Crippen molar-refractivity contribution in [3.05, 3.63) is 187 Å². The summed E-state index contributed by atoms with van der Waals surface area (Å²) in [6, 6.07) is 62.8. The fourth-order valence-corrected chi connectivity index (χ4v) is 9.50. The van der Waals surface area contributed by atoms with Crippen LogP contribution in [0.3, 0.4) is 0 Å². The largest absolute Gasteiger partial charge is 0.455 e. The van der Waals surface area contributed by atoms with Crippen molar-refractivity contribution in [2.75, 3.05) is 9.80 Å². The third kappa shape index (κ3) is 5.28. The lowest BCUT2D eigenvalue weighted by Crippen LogP contribution is -2.61. The Morgan fingerprint density at radius 3 is 1.81 bits per heavy atom. The Labute approximate surface area is 340 Å². The van der Waals surface area contributed by atoms with E-state index in [9.17, 15) is 0 Å². The standard InChI is InChI=1S/C54H43BN2O/c1-34-21-28-44-49(31-34)56(39-26-23-37(24-27-39)40-16-11-17-42-41-15-9-10-20-51(41)58-53(40)42)47-18-12-19-48-52(47)55(44)45-29-22-35(2)32-50(45)57(48)46-30-25-38(54(3,4)5)33-43(46)36-13-7-6-8-14-36/h6-33H,1-5H3. The molecule has 0 atom stereocenters. The summed E-state index contributed by atoms with van der Waals surface area (Å²) in [5, 5.41) is 2.29. The number of hydrogen-bond donors (Lipinski definition) is 0. The number of aryl methyl sites for hydroxylation is 2. The van der Waals surface area contributed by atoms with Gasteiger partial charge in [-0.25, -0.2) is 0 Å². The van der Waals surface area contributed by atoms with Gasteiger partial charge in [-0.3, -0.25) is 0 Å². The van der Waals surface area contributed by atoms with Crippen LogP contribution in [0.15, 0.2) is 174 Å². The summed E-state index contributed by atoms with van der Waals surface area (Å²) in [6.07, 6.45) is 0. The summed E-state index contributed by atoms with van der Waals surface area (Å²) < 4.78 is 6.46. The molecule has 0 fully saturated rings. The van der Waals surface area contributed by atoms with Crippen molar-refractivity contribution in [2.45, 2.75) is 40.0 Å². The molecule has 4 heteroatoms. The minimum absolute atomic E-state index is 0.00588. The van der Waals surface area contributed by atoms with Crippen LogP contribution in [0, 0.1) is 13.8 Å². The zero-order valence-corrected chi connectivity index (χ0v) is 33.5. The van der Waals surface area contributed by atoms with Crippen molar-refractivity contribution < 1.29 is 4.42 Å². The molecule has 0 amide bonds. The van der Waals surface area contributed by atoms with E-state index in [0.29, 0.717) is 0 Å². The van der Waals surface area contributed by atoms with Gasteiger partial charge in [0.15, 0.2) is 0 Å². The summed E-state index contributed by atoms with van der Waals surface area (Å²) in [6.45, 7) is 11.4. The van der Waals surface area contributed by atoms with E-state index < -0.39 is 0 Å². The highest BCUT2D eigenvalue weighted by molar-refractivity contribution is 7.00. The van der Waals surface area contributed by atoms with E-state index in [1.54, 1.807) is 0 Å². The quantitative estimate of drug-likeness (QED) is 0.167. The molecular weight excluding hydrogens is 703 g/mol. The first-order valence-corrected chi connectivity index (χ1v) is 20.4. The van der Waals surface area contributed by atoms with Crippen molar-refractivity contribution in [3.8, 4) is 22.3 Å². The third-order valence-electron chi connectivity index (χ3n) is 12.3. The van der Waals surface area contributed by atoms with E-state index in [-0.39, 0.29) is 12.1 Å². The molecular formula is C54H43BN2O. The summed E-state index contributed by atoms with van der Waals surface area (Å²) in [5.41, 5.74) is 21.5. The van der Waals surface area contributed by atoms with E-state index in [1.165, 1.54) is 72.6 Å². The van der Waals surface area contributed by atoms with Gasteiger partial charge in [-0.2, -0.15) is 0 Å². The normalized spacial score (nSPS) is 13.2. The highest BCUT2D eigenvalue weighted by Gasteiger charge is 2.43. The van der Waals surface area contributed by atoms with Gasteiger partial charge < -0.3 is 14.2 Å². The maximum Gasteiger partial charge on any atom is 0.252 e. The molecule has 11 rings (SSSR count). The Hall–Kier alpha value is -6.78. The summed E-state index contributed by atoms with van der Waals surface area (Å²) in [4.78, 5) is 5.03. The van der Waals surface area contributed by atoms with Crippen molar-refractivity contribution >= 4 is 79.2 Å². The van der Waals surface area contributed by atoms with Crippen molar-refractivity contribution in [2.24, 2.45) is 0 Å². The zero-order chi connectivity index (χ0) is 39.3. The Bertz CT molecular complexity index is 3080. The molecule has 3 nitrogen and oxygen atoms in total. The van der Waals surface area contributed by atoms with Crippen LogP contribution in [0.2, 0.25) is 0 Å². The zero-order valence-electron chi connectivity index (χ0n) is 33.5. The lowest BCUT2D eigenvalue weighted by atomic mass is 9.33. The van der Waals surface area contributed by atoms with Crippen molar-refractivity contribution in [1.29, 1.82) is 0 Å². The van der Waals surface area contributed by atoms with Gasteiger partial charge in [-0.1, -0.05) is 136 Å². The monoisotopic (exact) mass is 746 g/mol. The number of para-hydroxylation sites is 2. The molecule has 0 saturated carbocycles. The molecule has 278 valence electrons. The minimum Gasteiger partial charge on any atom is -0.455 e. The van der Waals surface area contributed by atoms with Gasteiger partial charge in [0.2, 0.25) is 0 Å². The van der Waals surface area contributed by atoms with Crippen LogP contribution in [0.5, 0.6) is 0 Å². The van der Waals surface area contributed by atoms with Crippen LogP contribution >= 0.6 is 0 Å². The molecule has 3 heterocycles. The second kappa shape index (κ2) is 12.9. The summed E-state index contributed by atoms with van der Waals surface area (Å²) in [5.74, 6) is 0. The first-order chi connectivity index (χ1) is 28.2. The lowest BCUT2D eigenvalue weighted by Gasteiger charge is -2.44. The second-order valence-electron chi connectivity index (χ2n) is 17.1. The molecule has 2 aliphatic rings. The SMILES string of the molecule is Cc1ccc2c(c1)N(c1ccc(-c3cccc4c3oc3ccccc34)cc1)c1cccc3c1B2c1ccc(C)cc1N3c1ccc(C(C)(C)C)cc1-c1ccccc1. The lowest BCUT2D eigenvalue weighted by molar-refractivity contribution is 0.590. The molecule has 0 radical (unpaired) electrons. The fourth-order valence-electron chi connectivity index (χ4n) is 9.50. The van der Waals surface area contributed by atoms with Gasteiger partial charge in [0.1, 0.15) is 11.2 Å². The molecule has 0 spiro atoms. The topological polar surface area (TPSA) is 19.6 Å². The predicted octanol–water partition coefficient (Wildman–Crippen LogP) is 12.9. The van der Waals surface area contributed by atoms with Gasteiger partial charge in [-0.15, -0.1) is 0 Å². The average Bonchev–Trinajstić information content (AvgIpc) is 3.63. The average molecular weight is 747 g/mol. The molecule has 8 aromatic carbocycles. The highest BCUT2D eigenvalue weighted by Crippen LogP contribution is 2.47. The number of fused-ring (bicyclic) bond motifs is 7. The number of furan rings is 1. The van der Waals surface area contributed by atoms with E-state index in [0.717, 1.165) is 38.8 Å². The van der Waals surface area contributed by atoms with E-state index >= 15 is 0 Å². The number of benzene rings is 8.